The maximum atomic E-state index is 11.9. The Morgan fingerprint density at radius 1 is 1.58 bits per heavy atom. The molecule has 4 atom stereocenters. The van der Waals surface area contributed by atoms with Gasteiger partial charge in [-0.25, -0.2) is 4.79 Å². The molecule has 106 valence electrons. The maximum absolute atomic E-state index is 11.9. The number of nitrogens with one attached hydrogen (secondary N) is 1. The molecule has 0 radical (unpaired) electrons. The molecule has 0 saturated carbocycles. The summed E-state index contributed by atoms with van der Waals surface area (Å²) in [7, 11) is 0. The molecular weight excluding hydrogens is 272 g/mol. The third-order valence-corrected chi connectivity index (χ3v) is 3.59. The molecule has 1 aliphatic rings. The van der Waals surface area contributed by atoms with Crippen molar-refractivity contribution in [2.45, 2.75) is 37.9 Å². The van der Waals surface area contributed by atoms with Crippen LogP contribution >= 0.6 is 12.2 Å². The molecule has 8 heteroatoms. The van der Waals surface area contributed by atoms with Crippen molar-refractivity contribution in [1.82, 2.24) is 9.55 Å². The van der Waals surface area contributed by atoms with E-state index in [2.05, 4.69) is 4.98 Å². The highest BCUT2D eigenvalue weighted by Gasteiger charge is 2.52. The average Bonchev–Trinajstić information content (AvgIpc) is 2.54. The van der Waals surface area contributed by atoms with Crippen molar-refractivity contribution in [3.8, 4) is 0 Å². The van der Waals surface area contributed by atoms with E-state index >= 15 is 0 Å². The van der Waals surface area contributed by atoms with Crippen LogP contribution in [0.4, 0.5) is 0 Å². The lowest BCUT2D eigenvalue weighted by molar-refractivity contribution is -0.118. The zero-order valence-electron chi connectivity index (χ0n) is 10.5. The van der Waals surface area contributed by atoms with E-state index in [0.717, 1.165) is 0 Å². The Kier molecular flexibility index (Phi) is 3.63. The number of aromatic nitrogens is 2. The number of rotatable bonds is 2. The molecule has 2 rings (SSSR count). The Hall–Kier alpha value is -1.06. The third kappa shape index (κ3) is 2.26. The lowest BCUT2D eigenvalue weighted by Crippen LogP contribution is -2.43. The Balaban J connectivity index is 2.50. The fourth-order valence-corrected chi connectivity index (χ4v) is 2.46. The largest absolute Gasteiger partial charge is 0.393 e. The number of nitrogens with zero attached hydrogens (tertiary/aromatic N) is 1. The number of hydrogen-bond acceptors (Lipinski definition) is 6. The minimum Gasteiger partial charge on any atom is -0.393 e. The normalized spacial score (nSPS) is 34.7. The molecule has 0 unspecified atom stereocenters. The van der Waals surface area contributed by atoms with Crippen LogP contribution in [0.3, 0.4) is 0 Å². The predicted octanol–water partition coefficient (Wildman–Crippen LogP) is -0.784. The van der Waals surface area contributed by atoms with Crippen LogP contribution in [-0.2, 0) is 4.74 Å². The highest BCUT2D eigenvalue weighted by Crippen LogP contribution is 2.36. The molecule has 19 heavy (non-hydrogen) atoms. The fourth-order valence-electron chi connectivity index (χ4n) is 2.21. The van der Waals surface area contributed by atoms with Crippen molar-refractivity contribution in [3.05, 3.63) is 26.9 Å². The summed E-state index contributed by atoms with van der Waals surface area (Å²) in [6.07, 6.45) is -3.69. The minimum atomic E-state index is -1.32. The smallest absolute Gasteiger partial charge is 0.328 e. The number of aliphatic hydroxyl groups is 3. The summed E-state index contributed by atoms with van der Waals surface area (Å²) in [5.41, 5.74) is -1.36. The Morgan fingerprint density at radius 2 is 2.21 bits per heavy atom. The summed E-state index contributed by atoms with van der Waals surface area (Å²) in [4.78, 5) is 14.3. The van der Waals surface area contributed by atoms with Crippen molar-refractivity contribution in [1.29, 1.82) is 0 Å². The van der Waals surface area contributed by atoms with Crippen LogP contribution in [0.1, 0.15) is 18.8 Å². The van der Waals surface area contributed by atoms with Gasteiger partial charge in [0.1, 0.15) is 22.4 Å². The second kappa shape index (κ2) is 4.80. The van der Waals surface area contributed by atoms with E-state index in [1.165, 1.54) is 11.5 Å². The number of hydrogen-bond donors (Lipinski definition) is 4. The number of H-pyrrole nitrogens is 1. The summed E-state index contributed by atoms with van der Waals surface area (Å²) in [5.74, 6) is 0. The van der Waals surface area contributed by atoms with Crippen LogP contribution in [0.2, 0.25) is 0 Å². The molecular formula is C11H16N2O5S. The lowest BCUT2D eigenvalue weighted by Gasteiger charge is -2.24. The molecule has 7 nitrogen and oxygen atoms in total. The van der Waals surface area contributed by atoms with E-state index in [-0.39, 0.29) is 4.64 Å². The topological polar surface area (TPSA) is 108 Å². The summed E-state index contributed by atoms with van der Waals surface area (Å²) in [6.45, 7) is 2.63. The molecule has 0 amide bonds. The maximum Gasteiger partial charge on any atom is 0.328 e. The van der Waals surface area contributed by atoms with E-state index in [0.29, 0.717) is 5.69 Å². The highest BCUT2D eigenvalue weighted by molar-refractivity contribution is 7.71. The van der Waals surface area contributed by atoms with E-state index in [1.54, 1.807) is 13.0 Å². The van der Waals surface area contributed by atoms with Gasteiger partial charge >= 0.3 is 5.69 Å². The van der Waals surface area contributed by atoms with Crippen LogP contribution in [0.25, 0.3) is 0 Å². The Morgan fingerprint density at radius 3 is 2.68 bits per heavy atom. The van der Waals surface area contributed by atoms with Crippen molar-refractivity contribution >= 4 is 12.2 Å². The van der Waals surface area contributed by atoms with Gasteiger partial charge in [0.15, 0.2) is 6.23 Å². The number of aryl methyl sites for hydroxylation is 1. The van der Waals surface area contributed by atoms with Crippen molar-refractivity contribution in [2.24, 2.45) is 0 Å². The van der Waals surface area contributed by atoms with Crippen LogP contribution in [-0.4, -0.2) is 49.3 Å². The third-order valence-electron chi connectivity index (χ3n) is 3.37. The number of ether oxygens (including phenoxy) is 1. The molecule has 0 aliphatic carbocycles. The highest BCUT2D eigenvalue weighted by atomic mass is 32.1. The first-order chi connectivity index (χ1) is 8.80. The molecule has 1 saturated heterocycles. The standard InChI is InChI=1S/C11H16N2O5S/c1-5-3-6(19)12-10(17)13(5)9-7(15)8(16)11(2,4-14)18-9/h3,7-9,14-16H,4H2,1-2H3,(H,12,17,19)/t7-,8+,9-,11-/m1/s1. The van der Waals surface area contributed by atoms with Crippen molar-refractivity contribution in [2.75, 3.05) is 6.61 Å². The molecule has 0 spiro atoms. The van der Waals surface area contributed by atoms with E-state index < -0.39 is 36.3 Å². The van der Waals surface area contributed by atoms with Crippen LogP contribution in [0.15, 0.2) is 10.9 Å². The molecule has 0 aromatic carbocycles. The van der Waals surface area contributed by atoms with Gasteiger partial charge in [0.05, 0.1) is 6.61 Å². The first-order valence-corrected chi connectivity index (χ1v) is 6.18. The van der Waals surface area contributed by atoms with Gasteiger partial charge in [-0.2, -0.15) is 0 Å². The van der Waals surface area contributed by atoms with E-state index in [1.807, 2.05) is 0 Å². The monoisotopic (exact) mass is 288 g/mol. The second-order valence-corrected chi connectivity index (χ2v) is 5.30. The molecule has 2 heterocycles. The zero-order chi connectivity index (χ0) is 14.4. The molecule has 0 bridgehead atoms. The molecule has 1 aromatic rings. The molecule has 1 fully saturated rings. The number of aliphatic hydroxyl groups excluding tert-OH is 3. The molecule has 4 N–H and O–H groups in total. The van der Waals surface area contributed by atoms with Crippen molar-refractivity contribution < 1.29 is 20.1 Å². The van der Waals surface area contributed by atoms with Crippen LogP contribution in [0, 0.1) is 11.6 Å². The Labute approximate surface area is 114 Å². The van der Waals surface area contributed by atoms with E-state index in [4.69, 9.17) is 17.0 Å². The first kappa shape index (κ1) is 14.4. The number of aromatic amines is 1. The van der Waals surface area contributed by atoms with Gasteiger partial charge in [0.25, 0.3) is 0 Å². The summed E-state index contributed by atoms with van der Waals surface area (Å²) >= 11 is 4.88. The molecule has 1 aromatic heterocycles. The minimum absolute atomic E-state index is 0.275. The van der Waals surface area contributed by atoms with Crippen molar-refractivity contribution in [3.63, 3.8) is 0 Å². The first-order valence-electron chi connectivity index (χ1n) is 5.77. The van der Waals surface area contributed by atoms with Crippen LogP contribution in [0.5, 0.6) is 0 Å². The zero-order valence-corrected chi connectivity index (χ0v) is 11.3. The van der Waals surface area contributed by atoms with Gasteiger partial charge in [-0.1, -0.05) is 12.2 Å². The molecule has 1 aliphatic heterocycles. The van der Waals surface area contributed by atoms with Gasteiger partial charge in [-0.05, 0) is 19.9 Å². The van der Waals surface area contributed by atoms with Gasteiger partial charge in [0, 0.05) is 5.69 Å². The predicted molar refractivity (Wildman–Crippen MR) is 68.3 cm³/mol. The second-order valence-electron chi connectivity index (χ2n) is 4.86. The summed E-state index contributed by atoms with van der Waals surface area (Å²) in [6, 6.07) is 1.55. The lowest BCUT2D eigenvalue weighted by atomic mass is 9.99. The quantitative estimate of drug-likeness (QED) is 0.532. The van der Waals surface area contributed by atoms with Crippen LogP contribution < -0.4 is 5.69 Å². The van der Waals surface area contributed by atoms with Gasteiger partial charge < -0.3 is 20.1 Å². The van der Waals surface area contributed by atoms with E-state index in [9.17, 15) is 20.1 Å². The van der Waals surface area contributed by atoms with Gasteiger partial charge in [-0.3, -0.25) is 9.55 Å². The summed E-state index contributed by atoms with van der Waals surface area (Å²) in [5, 5.41) is 29.2. The SMILES string of the molecule is Cc1cc(=S)[nH]c(=O)n1[C@@H]1O[C@](C)(CO)[C@@H](O)[C@H]1O. The van der Waals surface area contributed by atoms with Gasteiger partial charge in [-0.15, -0.1) is 0 Å². The fraction of sp³-hybridized carbons (Fsp3) is 0.636. The summed E-state index contributed by atoms with van der Waals surface area (Å²) < 4.78 is 6.92. The Bertz CT molecular complexity index is 597. The average molecular weight is 288 g/mol. The van der Waals surface area contributed by atoms with Gasteiger partial charge in [0.2, 0.25) is 0 Å².